The normalized spacial score (nSPS) is 11.2. The second-order valence-corrected chi connectivity index (χ2v) is 7.64. The zero-order chi connectivity index (χ0) is 19.3. The first-order valence-corrected chi connectivity index (χ1v) is 9.79. The largest absolute Gasteiger partial charge is 0.399 e. The minimum atomic E-state index is -4.09. The molecule has 0 bridgehead atoms. The van der Waals surface area contributed by atoms with Gasteiger partial charge in [0, 0.05) is 24.5 Å². The fourth-order valence-corrected chi connectivity index (χ4v) is 3.52. The van der Waals surface area contributed by atoms with Crippen molar-refractivity contribution in [2.75, 3.05) is 23.7 Å². The molecule has 0 aromatic heterocycles. The maximum Gasteiger partial charge on any atom is 0.341 e. The van der Waals surface area contributed by atoms with E-state index in [1.807, 2.05) is 37.8 Å². The number of rotatable bonds is 7. The zero-order valence-electron chi connectivity index (χ0n) is 15.2. The fraction of sp³-hybridized carbons (Fsp3) is 0.316. The number of nitrogen functional groups attached to an aromatic ring is 1. The fourth-order valence-electron chi connectivity index (χ4n) is 2.63. The number of anilines is 2. The predicted octanol–water partition coefficient (Wildman–Crippen LogP) is 3.03. The number of hydrogen-bond acceptors (Lipinski definition) is 6. The standard InChI is InChI=1S/C19H24N2O4S/c1-4-21(18-10-7-16(20)13-15(18)3)12-11-19(22)25-26(23,24)17-8-5-14(2)6-9-17/h5-10,13H,4,11-12,20H2,1-3H3. The summed E-state index contributed by atoms with van der Waals surface area (Å²) in [6, 6.07) is 11.7. The Morgan fingerprint density at radius 1 is 1.12 bits per heavy atom. The molecule has 0 heterocycles. The van der Waals surface area contributed by atoms with Gasteiger partial charge < -0.3 is 14.8 Å². The number of carbonyl (C=O) groups excluding carboxylic acids is 1. The van der Waals surface area contributed by atoms with Gasteiger partial charge in [-0.25, -0.2) is 0 Å². The first-order chi connectivity index (χ1) is 12.2. The van der Waals surface area contributed by atoms with Crippen molar-refractivity contribution in [3.05, 3.63) is 53.6 Å². The van der Waals surface area contributed by atoms with Crippen LogP contribution in [0.2, 0.25) is 0 Å². The Balaban J connectivity index is 2.01. The van der Waals surface area contributed by atoms with Crippen molar-refractivity contribution in [3.8, 4) is 0 Å². The Bertz CT molecular complexity index is 877. The van der Waals surface area contributed by atoms with E-state index < -0.39 is 16.1 Å². The molecule has 0 aliphatic heterocycles. The number of aryl methyl sites for hydroxylation is 2. The van der Waals surface area contributed by atoms with Crippen LogP contribution in [-0.2, 0) is 19.1 Å². The maximum atomic E-state index is 12.2. The highest BCUT2D eigenvalue weighted by atomic mass is 32.2. The molecule has 26 heavy (non-hydrogen) atoms. The maximum absolute atomic E-state index is 12.2. The molecule has 0 saturated carbocycles. The quantitative estimate of drug-likeness (QED) is 0.590. The summed E-state index contributed by atoms with van der Waals surface area (Å²) in [5.74, 6) is -0.780. The molecule has 2 rings (SSSR count). The molecule has 0 unspecified atom stereocenters. The number of carbonyl (C=O) groups is 1. The Labute approximate surface area is 154 Å². The summed E-state index contributed by atoms with van der Waals surface area (Å²) in [5, 5.41) is 0. The van der Waals surface area contributed by atoms with Crippen LogP contribution in [0.1, 0.15) is 24.5 Å². The lowest BCUT2D eigenvalue weighted by atomic mass is 10.1. The van der Waals surface area contributed by atoms with Crippen molar-refractivity contribution in [2.24, 2.45) is 0 Å². The van der Waals surface area contributed by atoms with E-state index in [0.717, 1.165) is 16.8 Å². The molecule has 0 spiro atoms. The van der Waals surface area contributed by atoms with Crippen LogP contribution in [0.25, 0.3) is 0 Å². The molecule has 0 saturated heterocycles. The molecular formula is C19H24N2O4S. The monoisotopic (exact) mass is 376 g/mol. The van der Waals surface area contributed by atoms with Crippen molar-refractivity contribution in [2.45, 2.75) is 32.1 Å². The Hall–Kier alpha value is -2.54. The van der Waals surface area contributed by atoms with Gasteiger partial charge in [-0.15, -0.1) is 0 Å². The molecule has 0 amide bonds. The van der Waals surface area contributed by atoms with E-state index in [2.05, 4.69) is 0 Å². The van der Waals surface area contributed by atoms with Gasteiger partial charge in [0.2, 0.25) is 0 Å². The highest BCUT2D eigenvalue weighted by Crippen LogP contribution is 2.22. The Morgan fingerprint density at radius 2 is 1.77 bits per heavy atom. The summed E-state index contributed by atoms with van der Waals surface area (Å²) in [4.78, 5) is 14.0. The average molecular weight is 376 g/mol. The second-order valence-electron chi connectivity index (χ2n) is 6.10. The van der Waals surface area contributed by atoms with Crippen molar-refractivity contribution >= 4 is 27.5 Å². The van der Waals surface area contributed by atoms with Gasteiger partial charge in [-0.2, -0.15) is 8.42 Å². The molecule has 0 aliphatic carbocycles. The summed E-state index contributed by atoms with van der Waals surface area (Å²) >= 11 is 0. The first-order valence-electron chi connectivity index (χ1n) is 8.38. The third-order valence-electron chi connectivity index (χ3n) is 4.04. The van der Waals surface area contributed by atoms with Crippen LogP contribution in [-0.4, -0.2) is 27.5 Å². The van der Waals surface area contributed by atoms with Gasteiger partial charge >= 0.3 is 16.1 Å². The highest BCUT2D eigenvalue weighted by Gasteiger charge is 2.20. The predicted molar refractivity (Wildman–Crippen MR) is 103 cm³/mol. The van der Waals surface area contributed by atoms with E-state index >= 15 is 0 Å². The number of nitrogens with zero attached hydrogens (tertiary/aromatic N) is 1. The molecule has 140 valence electrons. The minimum Gasteiger partial charge on any atom is -0.399 e. The summed E-state index contributed by atoms with van der Waals surface area (Å²) in [6.07, 6.45) is -0.0389. The lowest BCUT2D eigenvalue weighted by Crippen LogP contribution is -2.27. The van der Waals surface area contributed by atoms with Gasteiger partial charge in [0.05, 0.1) is 6.42 Å². The van der Waals surface area contributed by atoms with Crippen molar-refractivity contribution in [1.29, 1.82) is 0 Å². The molecule has 6 nitrogen and oxygen atoms in total. The highest BCUT2D eigenvalue weighted by molar-refractivity contribution is 7.87. The van der Waals surface area contributed by atoms with Crippen LogP contribution in [0.3, 0.4) is 0 Å². The second kappa shape index (κ2) is 8.23. The summed E-state index contributed by atoms with van der Waals surface area (Å²) < 4.78 is 29.0. The van der Waals surface area contributed by atoms with Crippen LogP contribution in [0.5, 0.6) is 0 Å². The van der Waals surface area contributed by atoms with Gasteiger partial charge in [0.25, 0.3) is 0 Å². The Morgan fingerprint density at radius 3 is 2.35 bits per heavy atom. The Kier molecular flexibility index (Phi) is 6.26. The third-order valence-corrected chi connectivity index (χ3v) is 5.30. The SMILES string of the molecule is CCN(CCC(=O)OS(=O)(=O)c1ccc(C)cc1)c1ccc(N)cc1C. The molecule has 7 heteroatoms. The van der Waals surface area contributed by atoms with E-state index in [1.165, 1.54) is 12.1 Å². The lowest BCUT2D eigenvalue weighted by Gasteiger charge is -2.24. The number of hydrogen-bond donors (Lipinski definition) is 1. The van der Waals surface area contributed by atoms with Gasteiger partial charge in [-0.05, 0) is 56.7 Å². The average Bonchev–Trinajstić information content (AvgIpc) is 2.56. The van der Waals surface area contributed by atoms with E-state index in [0.29, 0.717) is 18.8 Å². The molecule has 2 aromatic rings. The lowest BCUT2D eigenvalue weighted by molar-refractivity contribution is -0.133. The van der Waals surface area contributed by atoms with Gasteiger partial charge in [0.15, 0.2) is 0 Å². The van der Waals surface area contributed by atoms with Crippen LogP contribution >= 0.6 is 0 Å². The molecule has 0 aliphatic rings. The molecular weight excluding hydrogens is 352 g/mol. The van der Waals surface area contributed by atoms with E-state index in [9.17, 15) is 13.2 Å². The van der Waals surface area contributed by atoms with Crippen molar-refractivity contribution in [3.63, 3.8) is 0 Å². The van der Waals surface area contributed by atoms with Crippen LogP contribution in [0.15, 0.2) is 47.4 Å². The van der Waals surface area contributed by atoms with Crippen molar-refractivity contribution in [1.82, 2.24) is 0 Å². The van der Waals surface area contributed by atoms with Gasteiger partial charge in [-0.3, -0.25) is 4.79 Å². The molecule has 2 N–H and O–H groups in total. The van der Waals surface area contributed by atoms with Gasteiger partial charge in [-0.1, -0.05) is 17.7 Å². The minimum absolute atomic E-state index is 0.0295. The molecule has 0 atom stereocenters. The molecule has 2 aromatic carbocycles. The van der Waals surface area contributed by atoms with Crippen LogP contribution in [0, 0.1) is 13.8 Å². The summed E-state index contributed by atoms with van der Waals surface area (Å²) in [7, 11) is -4.09. The molecule has 0 fully saturated rings. The zero-order valence-corrected chi connectivity index (χ0v) is 16.0. The summed E-state index contributed by atoms with van der Waals surface area (Å²) in [6.45, 7) is 6.77. The van der Waals surface area contributed by atoms with Crippen LogP contribution in [0.4, 0.5) is 11.4 Å². The van der Waals surface area contributed by atoms with E-state index in [4.69, 9.17) is 9.92 Å². The van der Waals surface area contributed by atoms with Crippen LogP contribution < -0.4 is 10.6 Å². The summed E-state index contributed by atoms with van der Waals surface area (Å²) in [5.41, 5.74) is 9.31. The topological polar surface area (TPSA) is 89.7 Å². The number of benzene rings is 2. The van der Waals surface area contributed by atoms with E-state index in [-0.39, 0.29) is 11.3 Å². The van der Waals surface area contributed by atoms with Crippen molar-refractivity contribution < 1.29 is 17.4 Å². The number of nitrogens with two attached hydrogens (primary N) is 1. The first kappa shape index (κ1) is 19.8. The van der Waals surface area contributed by atoms with E-state index in [1.54, 1.807) is 18.2 Å². The molecule has 0 radical (unpaired) electrons. The smallest absolute Gasteiger partial charge is 0.341 e. The third kappa shape index (κ3) is 4.98. The van der Waals surface area contributed by atoms with Gasteiger partial charge in [0.1, 0.15) is 4.90 Å².